The topological polar surface area (TPSA) is 84.3 Å². The Kier molecular flexibility index (Phi) is 5.31. The fourth-order valence-electron chi connectivity index (χ4n) is 2.29. The van der Waals surface area contributed by atoms with Gasteiger partial charge in [0.05, 0.1) is 19.1 Å². The van der Waals surface area contributed by atoms with Crippen LogP contribution in [-0.4, -0.2) is 40.8 Å². The van der Waals surface area contributed by atoms with Gasteiger partial charge in [0.1, 0.15) is 22.5 Å². The highest BCUT2D eigenvalue weighted by atomic mass is 32.1. The van der Waals surface area contributed by atoms with E-state index in [2.05, 4.69) is 34.5 Å². The third-order valence-corrected chi connectivity index (χ3v) is 4.15. The average molecular weight is 323 g/mol. The number of carbonyl (C=O) groups is 1. The second kappa shape index (κ2) is 7.02. The number of nitrogens with zero attached hydrogens (tertiary/aromatic N) is 2. The summed E-state index contributed by atoms with van der Waals surface area (Å²) >= 11 is 1.56. The van der Waals surface area contributed by atoms with Gasteiger partial charge in [0.25, 0.3) is 0 Å². The van der Waals surface area contributed by atoms with Gasteiger partial charge in [-0.3, -0.25) is 0 Å². The van der Waals surface area contributed by atoms with E-state index in [1.165, 1.54) is 7.11 Å². The zero-order chi connectivity index (χ0) is 16.3. The summed E-state index contributed by atoms with van der Waals surface area (Å²) in [6.45, 7) is 5.74. The predicted octanol–water partition coefficient (Wildman–Crippen LogP) is 2.14. The first-order chi connectivity index (χ1) is 10.5. The van der Waals surface area contributed by atoms with Crippen molar-refractivity contribution in [1.29, 1.82) is 0 Å². The first kappa shape index (κ1) is 16.6. The molecule has 0 aromatic carbocycles. The van der Waals surface area contributed by atoms with Gasteiger partial charge in [-0.05, 0) is 30.2 Å². The number of rotatable bonds is 6. The van der Waals surface area contributed by atoms with E-state index in [0.717, 1.165) is 22.2 Å². The van der Waals surface area contributed by atoms with Crippen LogP contribution in [0, 0.1) is 12.8 Å². The average Bonchev–Trinajstić information content (AvgIpc) is 2.85. The number of fused-ring (bicyclic) bond motifs is 1. The lowest BCUT2D eigenvalue weighted by Crippen LogP contribution is -2.34. The van der Waals surface area contributed by atoms with Crippen LogP contribution in [-0.2, 0) is 16.0 Å². The van der Waals surface area contributed by atoms with Crippen molar-refractivity contribution < 1.29 is 14.6 Å². The summed E-state index contributed by atoms with van der Waals surface area (Å²) in [6, 6.07) is -0.839. The van der Waals surface area contributed by atoms with E-state index in [0.29, 0.717) is 17.6 Å². The Morgan fingerprint density at radius 1 is 1.45 bits per heavy atom. The Morgan fingerprint density at radius 2 is 2.18 bits per heavy atom. The molecule has 0 unspecified atom stereocenters. The Balaban J connectivity index is 2.46. The van der Waals surface area contributed by atoms with Gasteiger partial charge in [-0.2, -0.15) is 0 Å². The SMILES string of the molecule is COC(=O)[C@H](CO)Nc1nc(C)nc2scc(CC(C)C)c12. The second-order valence-corrected chi connectivity index (χ2v) is 6.42. The summed E-state index contributed by atoms with van der Waals surface area (Å²) in [6.07, 6.45) is 0.906. The Morgan fingerprint density at radius 3 is 2.77 bits per heavy atom. The molecule has 2 aromatic rings. The quantitative estimate of drug-likeness (QED) is 0.792. The molecule has 22 heavy (non-hydrogen) atoms. The molecular formula is C15H21N3O3S. The Labute approximate surface area is 133 Å². The van der Waals surface area contributed by atoms with Crippen molar-refractivity contribution in [1.82, 2.24) is 9.97 Å². The van der Waals surface area contributed by atoms with Crippen LogP contribution >= 0.6 is 11.3 Å². The molecule has 0 aliphatic rings. The maximum Gasteiger partial charge on any atom is 0.330 e. The number of anilines is 1. The lowest BCUT2D eigenvalue weighted by molar-refractivity contribution is -0.142. The number of aryl methyl sites for hydroxylation is 1. The highest BCUT2D eigenvalue weighted by molar-refractivity contribution is 7.17. The van der Waals surface area contributed by atoms with Crippen LogP contribution < -0.4 is 5.32 Å². The molecule has 0 fully saturated rings. The molecule has 2 heterocycles. The normalized spacial score (nSPS) is 12.6. The number of aliphatic hydroxyl groups is 1. The molecule has 2 rings (SSSR count). The molecule has 120 valence electrons. The summed E-state index contributed by atoms with van der Waals surface area (Å²) in [5.41, 5.74) is 1.15. The molecule has 0 spiro atoms. The number of methoxy groups -OCH3 is 1. The number of thiophene rings is 1. The van der Waals surface area contributed by atoms with E-state index in [-0.39, 0.29) is 6.61 Å². The zero-order valence-corrected chi connectivity index (χ0v) is 14.0. The first-order valence-electron chi connectivity index (χ1n) is 7.16. The highest BCUT2D eigenvalue weighted by Gasteiger charge is 2.21. The smallest absolute Gasteiger partial charge is 0.330 e. The van der Waals surface area contributed by atoms with E-state index in [4.69, 9.17) is 4.74 Å². The lowest BCUT2D eigenvalue weighted by Gasteiger charge is -2.16. The van der Waals surface area contributed by atoms with Gasteiger partial charge in [-0.25, -0.2) is 14.8 Å². The van der Waals surface area contributed by atoms with Gasteiger partial charge in [0, 0.05) is 0 Å². The number of hydrogen-bond donors (Lipinski definition) is 2. The van der Waals surface area contributed by atoms with Crippen molar-refractivity contribution in [3.05, 3.63) is 16.8 Å². The number of nitrogens with one attached hydrogen (secondary N) is 1. The number of aromatic nitrogens is 2. The second-order valence-electron chi connectivity index (χ2n) is 5.56. The number of aliphatic hydroxyl groups excluding tert-OH is 1. The van der Waals surface area contributed by atoms with Crippen molar-refractivity contribution in [2.24, 2.45) is 5.92 Å². The largest absolute Gasteiger partial charge is 0.467 e. The van der Waals surface area contributed by atoms with Gasteiger partial charge in [0.2, 0.25) is 0 Å². The number of esters is 1. The van der Waals surface area contributed by atoms with Gasteiger partial charge < -0.3 is 15.2 Å². The number of hydrogen-bond acceptors (Lipinski definition) is 7. The fourth-order valence-corrected chi connectivity index (χ4v) is 3.29. The molecule has 0 amide bonds. The molecule has 0 saturated heterocycles. The third-order valence-electron chi connectivity index (χ3n) is 3.23. The maximum atomic E-state index is 11.7. The summed E-state index contributed by atoms with van der Waals surface area (Å²) in [4.78, 5) is 21.4. The van der Waals surface area contributed by atoms with Crippen molar-refractivity contribution in [2.75, 3.05) is 19.0 Å². The molecule has 0 radical (unpaired) electrons. The number of ether oxygens (including phenoxy) is 1. The van der Waals surface area contributed by atoms with Crippen molar-refractivity contribution >= 4 is 33.3 Å². The van der Waals surface area contributed by atoms with Crippen molar-refractivity contribution in [3.8, 4) is 0 Å². The maximum absolute atomic E-state index is 11.7. The molecular weight excluding hydrogens is 302 g/mol. The summed E-state index contributed by atoms with van der Waals surface area (Å²) in [5, 5.41) is 15.4. The van der Waals surface area contributed by atoms with Crippen LogP contribution in [0.5, 0.6) is 0 Å². The molecule has 0 saturated carbocycles. The van der Waals surface area contributed by atoms with E-state index in [9.17, 15) is 9.90 Å². The Bertz CT molecular complexity index is 669. The molecule has 1 atom stereocenters. The number of carbonyl (C=O) groups excluding carboxylic acids is 1. The highest BCUT2D eigenvalue weighted by Crippen LogP contribution is 2.32. The van der Waals surface area contributed by atoms with Crippen LogP contribution in [0.3, 0.4) is 0 Å². The molecule has 2 N–H and O–H groups in total. The molecule has 0 aliphatic heterocycles. The monoisotopic (exact) mass is 323 g/mol. The molecule has 6 nitrogen and oxygen atoms in total. The summed E-state index contributed by atoms with van der Waals surface area (Å²) in [7, 11) is 1.29. The predicted molar refractivity (Wildman–Crippen MR) is 87.2 cm³/mol. The van der Waals surface area contributed by atoms with E-state index < -0.39 is 12.0 Å². The first-order valence-corrected chi connectivity index (χ1v) is 8.04. The molecule has 0 bridgehead atoms. The van der Waals surface area contributed by atoms with Gasteiger partial charge in [-0.1, -0.05) is 13.8 Å². The summed E-state index contributed by atoms with van der Waals surface area (Å²) < 4.78 is 4.69. The zero-order valence-electron chi connectivity index (χ0n) is 13.2. The Hall–Kier alpha value is -1.73. The van der Waals surface area contributed by atoms with E-state index in [1.807, 2.05) is 0 Å². The van der Waals surface area contributed by atoms with Crippen molar-refractivity contribution in [3.63, 3.8) is 0 Å². The minimum absolute atomic E-state index is 0.360. The van der Waals surface area contributed by atoms with E-state index >= 15 is 0 Å². The third kappa shape index (κ3) is 3.53. The molecule has 2 aromatic heterocycles. The van der Waals surface area contributed by atoms with Crippen LogP contribution in [0.2, 0.25) is 0 Å². The van der Waals surface area contributed by atoms with E-state index in [1.54, 1.807) is 18.3 Å². The lowest BCUT2D eigenvalue weighted by atomic mass is 10.0. The van der Waals surface area contributed by atoms with Crippen LogP contribution in [0.25, 0.3) is 10.2 Å². The van der Waals surface area contributed by atoms with Crippen molar-refractivity contribution in [2.45, 2.75) is 33.2 Å². The van der Waals surface area contributed by atoms with Crippen LogP contribution in [0.1, 0.15) is 25.2 Å². The van der Waals surface area contributed by atoms with Crippen LogP contribution in [0.15, 0.2) is 5.38 Å². The van der Waals surface area contributed by atoms with Gasteiger partial charge in [-0.15, -0.1) is 11.3 Å². The summed E-state index contributed by atoms with van der Waals surface area (Å²) in [5.74, 6) is 1.17. The molecule has 0 aliphatic carbocycles. The molecule has 7 heteroatoms. The van der Waals surface area contributed by atoms with Gasteiger partial charge >= 0.3 is 5.97 Å². The van der Waals surface area contributed by atoms with Gasteiger partial charge in [0.15, 0.2) is 0 Å². The fraction of sp³-hybridized carbons (Fsp3) is 0.533. The minimum Gasteiger partial charge on any atom is -0.467 e. The van der Waals surface area contributed by atoms with Crippen LogP contribution in [0.4, 0.5) is 5.82 Å². The standard InChI is InChI=1S/C15H21N3O3S/c1-8(2)5-10-7-22-14-12(10)13(16-9(3)17-14)18-11(6-19)15(20)21-4/h7-8,11,19H,5-6H2,1-4H3,(H,16,17,18)/t11-/m0/s1. The minimum atomic E-state index is -0.839.